The van der Waals surface area contributed by atoms with E-state index in [1.54, 1.807) is 0 Å². The minimum absolute atomic E-state index is 0.248. The molecule has 2 nitrogen and oxygen atoms in total. The first-order chi connectivity index (χ1) is 7.84. The maximum atomic E-state index is 12.1. The molecule has 0 radical (unpaired) electrons. The predicted octanol–water partition coefficient (Wildman–Crippen LogP) is 2.47. The average Bonchev–Trinajstić information content (AvgIpc) is 2.49. The van der Waals surface area contributed by atoms with Crippen LogP contribution in [0, 0.1) is 5.92 Å². The lowest BCUT2D eigenvalue weighted by molar-refractivity contribution is 0.288. The molecule has 2 heterocycles. The van der Waals surface area contributed by atoms with Crippen LogP contribution >= 0.6 is 0 Å². The first-order valence-electron chi connectivity index (χ1n) is 6.46. The summed E-state index contributed by atoms with van der Waals surface area (Å²) in [6.07, 6.45) is 11.6. The second-order valence-corrected chi connectivity index (χ2v) is 6.90. The Morgan fingerprint density at radius 3 is 3.12 bits per heavy atom. The highest BCUT2D eigenvalue weighted by Crippen LogP contribution is 2.36. The standard InChI is InChI=1S/C13H19NOS/c15-16-8-4-3-7-12-13(16)9-10-5-1-2-6-11(10)14-12/h3,7,10-11,13H,1-2,4-6,8-9H2. The molecule has 0 aromatic rings. The fraction of sp³-hybridized carbons (Fsp3) is 0.769. The molecule has 0 saturated heterocycles. The smallest absolute Gasteiger partial charge is 0.0768 e. The summed E-state index contributed by atoms with van der Waals surface area (Å²) in [4.78, 5) is 4.87. The third kappa shape index (κ3) is 1.90. The normalized spacial score (nSPS) is 42.9. The summed E-state index contributed by atoms with van der Waals surface area (Å²) in [6.45, 7) is 0. The van der Waals surface area contributed by atoms with Gasteiger partial charge < -0.3 is 0 Å². The number of fused-ring (bicyclic) bond motifs is 2. The van der Waals surface area contributed by atoms with Crippen LogP contribution in [0.15, 0.2) is 17.1 Å². The van der Waals surface area contributed by atoms with Gasteiger partial charge in [-0.15, -0.1) is 0 Å². The monoisotopic (exact) mass is 237 g/mol. The highest BCUT2D eigenvalue weighted by Gasteiger charge is 2.36. The molecule has 0 aromatic carbocycles. The van der Waals surface area contributed by atoms with Crippen molar-refractivity contribution in [2.24, 2.45) is 10.9 Å². The van der Waals surface area contributed by atoms with Crippen molar-refractivity contribution in [3.8, 4) is 0 Å². The number of aliphatic imine (C=N–C) groups is 1. The zero-order valence-corrected chi connectivity index (χ0v) is 10.4. The molecule has 0 N–H and O–H groups in total. The van der Waals surface area contributed by atoms with Crippen molar-refractivity contribution in [1.82, 2.24) is 0 Å². The van der Waals surface area contributed by atoms with Crippen molar-refractivity contribution >= 4 is 16.5 Å². The summed E-state index contributed by atoms with van der Waals surface area (Å²) in [7, 11) is -0.682. The second-order valence-electron chi connectivity index (χ2n) is 5.17. The van der Waals surface area contributed by atoms with E-state index in [4.69, 9.17) is 4.99 Å². The van der Waals surface area contributed by atoms with Crippen LogP contribution in [0.1, 0.15) is 38.5 Å². The number of nitrogens with zero attached hydrogens (tertiary/aromatic N) is 1. The van der Waals surface area contributed by atoms with E-state index in [0.717, 1.165) is 30.2 Å². The highest BCUT2D eigenvalue weighted by atomic mass is 32.2. The summed E-state index contributed by atoms with van der Waals surface area (Å²) >= 11 is 0. The van der Waals surface area contributed by atoms with Gasteiger partial charge in [0.1, 0.15) is 0 Å². The van der Waals surface area contributed by atoms with Crippen molar-refractivity contribution < 1.29 is 4.21 Å². The molecular formula is C13H19NOS. The topological polar surface area (TPSA) is 29.4 Å². The van der Waals surface area contributed by atoms with E-state index in [1.807, 2.05) is 0 Å². The molecular weight excluding hydrogens is 218 g/mol. The van der Waals surface area contributed by atoms with Gasteiger partial charge in [-0.25, -0.2) is 0 Å². The maximum Gasteiger partial charge on any atom is 0.0768 e. The Morgan fingerprint density at radius 2 is 2.19 bits per heavy atom. The Labute approximate surface area is 99.7 Å². The van der Waals surface area contributed by atoms with Gasteiger partial charge in [0.15, 0.2) is 0 Å². The summed E-state index contributed by atoms with van der Waals surface area (Å²) in [6, 6.07) is 0.541. The zero-order chi connectivity index (χ0) is 11.0. The van der Waals surface area contributed by atoms with Crippen LogP contribution in [-0.2, 0) is 10.8 Å². The molecule has 4 unspecified atom stereocenters. The molecule has 4 atom stereocenters. The van der Waals surface area contributed by atoms with Gasteiger partial charge in [0.05, 0.1) is 17.0 Å². The average molecular weight is 237 g/mol. The Kier molecular flexibility index (Phi) is 2.97. The first kappa shape index (κ1) is 10.7. The van der Waals surface area contributed by atoms with E-state index in [-0.39, 0.29) is 5.25 Å². The van der Waals surface area contributed by atoms with Gasteiger partial charge in [0.25, 0.3) is 0 Å². The van der Waals surface area contributed by atoms with Crippen molar-refractivity contribution in [3.63, 3.8) is 0 Å². The largest absolute Gasteiger partial charge is 0.285 e. The quantitative estimate of drug-likeness (QED) is 0.636. The number of rotatable bonds is 0. The molecule has 0 spiro atoms. The first-order valence-corrected chi connectivity index (χ1v) is 7.84. The van der Waals surface area contributed by atoms with Crippen LogP contribution in [0.3, 0.4) is 0 Å². The van der Waals surface area contributed by atoms with E-state index in [9.17, 15) is 4.21 Å². The molecule has 1 saturated carbocycles. The number of hydrogen-bond donors (Lipinski definition) is 0. The number of hydrogen-bond acceptors (Lipinski definition) is 2. The summed E-state index contributed by atoms with van der Waals surface area (Å²) in [5.41, 5.74) is 1.14. The fourth-order valence-electron chi connectivity index (χ4n) is 3.23. The van der Waals surface area contributed by atoms with Crippen molar-refractivity contribution in [2.45, 2.75) is 49.8 Å². The van der Waals surface area contributed by atoms with E-state index in [2.05, 4.69) is 12.2 Å². The van der Waals surface area contributed by atoms with Crippen molar-refractivity contribution in [2.75, 3.05) is 5.75 Å². The molecule has 1 aliphatic carbocycles. The predicted molar refractivity (Wildman–Crippen MR) is 68.4 cm³/mol. The second kappa shape index (κ2) is 4.44. The van der Waals surface area contributed by atoms with Crippen LogP contribution in [0.25, 0.3) is 0 Å². The fourth-order valence-corrected chi connectivity index (χ4v) is 4.75. The van der Waals surface area contributed by atoms with Gasteiger partial charge in [0, 0.05) is 16.6 Å². The molecule has 0 aromatic heterocycles. The number of allylic oxidation sites excluding steroid dienone is 2. The Bertz CT molecular complexity index is 361. The molecule has 3 rings (SSSR count). The Balaban J connectivity index is 1.90. The Hall–Kier alpha value is -0.440. The third-order valence-electron chi connectivity index (χ3n) is 4.12. The lowest BCUT2D eigenvalue weighted by Crippen LogP contribution is -2.39. The van der Waals surface area contributed by atoms with Crippen LogP contribution in [0.5, 0.6) is 0 Å². The van der Waals surface area contributed by atoms with Gasteiger partial charge in [-0.2, -0.15) is 0 Å². The summed E-state index contributed by atoms with van der Waals surface area (Å²) in [5, 5.41) is 0.248. The molecule has 0 amide bonds. The van der Waals surface area contributed by atoms with Gasteiger partial charge in [0.2, 0.25) is 0 Å². The van der Waals surface area contributed by atoms with E-state index in [1.165, 1.54) is 25.7 Å². The van der Waals surface area contributed by atoms with Gasteiger partial charge in [-0.1, -0.05) is 18.9 Å². The summed E-state index contributed by atoms with van der Waals surface area (Å²) in [5.74, 6) is 1.55. The van der Waals surface area contributed by atoms with E-state index in [0.29, 0.717) is 6.04 Å². The van der Waals surface area contributed by atoms with Crippen molar-refractivity contribution in [1.29, 1.82) is 0 Å². The SMILES string of the molecule is O=S1CCC=CC2=NC3CCCCC3CC21. The van der Waals surface area contributed by atoms with Gasteiger partial charge in [-0.3, -0.25) is 9.20 Å². The lowest BCUT2D eigenvalue weighted by Gasteiger charge is -2.36. The molecule has 16 heavy (non-hydrogen) atoms. The zero-order valence-electron chi connectivity index (χ0n) is 9.60. The van der Waals surface area contributed by atoms with E-state index >= 15 is 0 Å². The molecule has 0 bridgehead atoms. The van der Waals surface area contributed by atoms with Gasteiger partial charge >= 0.3 is 0 Å². The molecule has 2 aliphatic heterocycles. The summed E-state index contributed by atoms with van der Waals surface area (Å²) < 4.78 is 12.1. The molecule has 3 heteroatoms. The van der Waals surface area contributed by atoms with Crippen LogP contribution in [0.2, 0.25) is 0 Å². The maximum absolute atomic E-state index is 12.1. The Morgan fingerprint density at radius 1 is 1.31 bits per heavy atom. The van der Waals surface area contributed by atoms with Crippen LogP contribution in [-0.4, -0.2) is 27.0 Å². The highest BCUT2D eigenvalue weighted by molar-refractivity contribution is 7.86. The molecule has 88 valence electrons. The molecule has 1 fully saturated rings. The van der Waals surface area contributed by atoms with Crippen molar-refractivity contribution in [3.05, 3.63) is 12.2 Å². The minimum atomic E-state index is -0.682. The lowest BCUT2D eigenvalue weighted by atomic mass is 9.79. The van der Waals surface area contributed by atoms with Crippen LogP contribution < -0.4 is 0 Å². The minimum Gasteiger partial charge on any atom is -0.285 e. The van der Waals surface area contributed by atoms with E-state index < -0.39 is 10.8 Å². The third-order valence-corrected chi connectivity index (χ3v) is 5.83. The molecule has 3 aliphatic rings. The van der Waals surface area contributed by atoms with Crippen LogP contribution in [0.4, 0.5) is 0 Å². The van der Waals surface area contributed by atoms with Gasteiger partial charge in [-0.05, 0) is 37.7 Å².